The van der Waals surface area contributed by atoms with Crippen LogP contribution in [-0.4, -0.2) is 86.7 Å². The first-order chi connectivity index (χ1) is 20.9. The van der Waals surface area contributed by atoms with Crippen molar-refractivity contribution in [1.29, 1.82) is 0 Å². The van der Waals surface area contributed by atoms with Gasteiger partial charge in [-0.05, 0) is 31.6 Å². The van der Waals surface area contributed by atoms with Crippen molar-refractivity contribution < 1.29 is 51.2 Å². The predicted molar refractivity (Wildman–Crippen MR) is 150 cm³/mol. The second-order valence-electron chi connectivity index (χ2n) is 10.9. The van der Waals surface area contributed by atoms with Gasteiger partial charge in [0, 0.05) is 51.6 Å². The molecule has 0 spiro atoms. The number of benzene rings is 1. The Bertz CT molecular complexity index is 1310. The number of methoxy groups -OCH3 is 2. The van der Waals surface area contributed by atoms with Crippen LogP contribution >= 0.6 is 0 Å². The number of halogens is 4. The standard InChI is InChI=1S/C29H36F4N4O7/c1-17-4-6-18(7-5-17)26(38)37(19(15-41-2)16-42-3)23-13-22(30)24(12-20(23)27(39)40)44-25-21(29(31,32)33)14-34-28(35-25)36-8-10-43-11-9-36/h12-14,17-19H,4-11,15-16H2,1-3H3,(H,39,40). The molecular weight excluding hydrogens is 592 g/mol. The number of hydrogen-bond acceptors (Lipinski definition) is 9. The minimum absolute atomic E-state index is 0.0537. The van der Waals surface area contributed by atoms with Gasteiger partial charge in [-0.2, -0.15) is 18.2 Å². The number of carbonyl (C=O) groups excluding carboxylic acids is 1. The van der Waals surface area contributed by atoms with E-state index in [1.54, 1.807) is 4.90 Å². The van der Waals surface area contributed by atoms with Crippen LogP contribution in [0.1, 0.15) is 48.5 Å². The molecule has 1 aromatic heterocycles. The van der Waals surface area contributed by atoms with Gasteiger partial charge in [0.2, 0.25) is 17.7 Å². The van der Waals surface area contributed by atoms with Gasteiger partial charge in [-0.15, -0.1) is 0 Å². The normalized spacial score (nSPS) is 19.2. The maximum Gasteiger partial charge on any atom is 0.423 e. The Labute approximate surface area is 252 Å². The van der Waals surface area contributed by atoms with E-state index in [2.05, 4.69) is 16.9 Å². The van der Waals surface area contributed by atoms with Crippen LogP contribution in [0.25, 0.3) is 0 Å². The Morgan fingerprint density at radius 2 is 1.75 bits per heavy atom. The monoisotopic (exact) mass is 628 g/mol. The molecule has 2 aliphatic rings. The largest absolute Gasteiger partial charge is 0.478 e. The van der Waals surface area contributed by atoms with Crippen LogP contribution < -0.4 is 14.5 Å². The summed E-state index contributed by atoms with van der Waals surface area (Å²) >= 11 is 0. The van der Waals surface area contributed by atoms with Gasteiger partial charge in [-0.1, -0.05) is 6.92 Å². The van der Waals surface area contributed by atoms with Crippen LogP contribution in [0, 0.1) is 17.7 Å². The molecular formula is C29H36F4N4O7. The van der Waals surface area contributed by atoms with E-state index in [1.165, 1.54) is 19.1 Å². The van der Waals surface area contributed by atoms with Crippen LogP contribution in [0.4, 0.5) is 29.2 Å². The molecule has 1 aliphatic carbocycles. The van der Waals surface area contributed by atoms with E-state index in [4.69, 9.17) is 18.9 Å². The number of carboxylic acid groups (broad SMARTS) is 1. The smallest absolute Gasteiger partial charge is 0.423 e. The van der Waals surface area contributed by atoms with Crippen molar-refractivity contribution in [1.82, 2.24) is 9.97 Å². The lowest BCUT2D eigenvalue weighted by atomic mass is 9.82. The molecule has 0 bridgehead atoms. The van der Waals surface area contributed by atoms with Crippen molar-refractivity contribution in [3.05, 3.63) is 35.3 Å². The summed E-state index contributed by atoms with van der Waals surface area (Å²) in [7, 11) is 2.79. The summed E-state index contributed by atoms with van der Waals surface area (Å²) in [5, 5.41) is 10.2. The highest BCUT2D eigenvalue weighted by Crippen LogP contribution is 2.40. The summed E-state index contributed by atoms with van der Waals surface area (Å²) in [6, 6.07) is 0.706. The summed E-state index contributed by atoms with van der Waals surface area (Å²) in [6.07, 6.45) is -1.71. The molecule has 0 atom stereocenters. The lowest BCUT2D eigenvalue weighted by Crippen LogP contribution is -2.49. The van der Waals surface area contributed by atoms with E-state index in [0.717, 1.165) is 25.0 Å². The summed E-state index contributed by atoms with van der Waals surface area (Å²) < 4.78 is 78.5. The molecule has 1 saturated carbocycles. The highest BCUT2D eigenvalue weighted by molar-refractivity contribution is 6.03. The second kappa shape index (κ2) is 14.5. The molecule has 1 saturated heterocycles. The molecule has 2 heterocycles. The highest BCUT2D eigenvalue weighted by atomic mass is 19.4. The van der Waals surface area contributed by atoms with E-state index < -0.39 is 58.6 Å². The third kappa shape index (κ3) is 7.74. The number of alkyl halides is 3. The fourth-order valence-electron chi connectivity index (χ4n) is 5.42. The fraction of sp³-hybridized carbons (Fsp3) is 0.586. The molecule has 2 fully saturated rings. The zero-order valence-electron chi connectivity index (χ0n) is 24.7. The lowest BCUT2D eigenvalue weighted by molar-refractivity contribution is -0.139. The summed E-state index contributed by atoms with van der Waals surface area (Å²) in [4.78, 5) is 36.9. The number of nitrogens with zero attached hydrogens (tertiary/aromatic N) is 4. The maximum atomic E-state index is 15.7. The summed E-state index contributed by atoms with van der Waals surface area (Å²) in [5.74, 6) is -5.11. The predicted octanol–water partition coefficient (Wildman–Crippen LogP) is 4.78. The van der Waals surface area contributed by atoms with Crippen LogP contribution in [0.2, 0.25) is 0 Å². The van der Waals surface area contributed by atoms with Gasteiger partial charge in [0.1, 0.15) is 5.56 Å². The van der Waals surface area contributed by atoms with Gasteiger partial charge in [0.05, 0.1) is 43.7 Å². The van der Waals surface area contributed by atoms with Crippen molar-refractivity contribution in [3.63, 3.8) is 0 Å². The number of anilines is 2. The number of amides is 1. The number of carboxylic acids is 1. The van der Waals surface area contributed by atoms with Gasteiger partial charge in [0.15, 0.2) is 11.6 Å². The minimum atomic E-state index is -4.96. The summed E-state index contributed by atoms with van der Waals surface area (Å²) in [6.45, 7) is 3.21. The molecule has 0 radical (unpaired) electrons. The van der Waals surface area contributed by atoms with Crippen molar-refractivity contribution in [2.24, 2.45) is 11.8 Å². The van der Waals surface area contributed by atoms with Crippen LogP contribution in [0.15, 0.2) is 18.3 Å². The molecule has 1 N–H and O–H groups in total. The van der Waals surface area contributed by atoms with Crippen molar-refractivity contribution in [3.8, 4) is 11.6 Å². The van der Waals surface area contributed by atoms with E-state index in [9.17, 15) is 27.9 Å². The zero-order valence-corrected chi connectivity index (χ0v) is 24.7. The molecule has 44 heavy (non-hydrogen) atoms. The number of aromatic carboxylic acids is 1. The molecule has 1 amide bonds. The SMILES string of the molecule is COCC(COC)N(C(=O)C1CCC(C)CC1)c1cc(F)c(Oc2nc(N3CCOCC3)ncc2C(F)(F)F)cc1C(=O)O. The zero-order chi connectivity index (χ0) is 32.0. The summed E-state index contributed by atoms with van der Waals surface area (Å²) in [5.41, 5.74) is -2.23. The molecule has 242 valence electrons. The number of ether oxygens (including phenoxy) is 4. The first kappa shape index (κ1) is 33.3. The second-order valence-corrected chi connectivity index (χ2v) is 10.9. The number of morpholine rings is 1. The van der Waals surface area contributed by atoms with Crippen LogP contribution in [-0.2, 0) is 25.2 Å². The van der Waals surface area contributed by atoms with Crippen molar-refractivity contribution in [2.75, 3.05) is 63.5 Å². The van der Waals surface area contributed by atoms with Gasteiger partial charge in [-0.25, -0.2) is 14.2 Å². The topological polar surface area (TPSA) is 124 Å². The molecule has 11 nitrogen and oxygen atoms in total. The van der Waals surface area contributed by atoms with Gasteiger partial charge >= 0.3 is 12.1 Å². The van der Waals surface area contributed by atoms with Crippen molar-refractivity contribution in [2.45, 2.75) is 44.8 Å². The third-order valence-corrected chi connectivity index (χ3v) is 7.77. The average molecular weight is 629 g/mol. The molecule has 1 aliphatic heterocycles. The number of aromatic nitrogens is 2. The Hall–Kier alpha value is -3.56. The maximum absolute atomic E-state index is 15.7. The molecule has 4 rings (SSSR count). The van der Waals surface area contributed by atoms with E-state index in [-0.39, 0.29) is 24.8 Å². The third-order valence-electron chi connectivity index (χ3n) is 7.77. The van der Waals surface area contributed by atoms with Crippen LogP contribution in [0.5, 0.6) is 11.6 Å². The number of hydrogen-bond donors (Lipinski definition) is 1. The lowest BCUT2D eigenvalue weighted by Gasteiger charge is -2.36. The number of rotatable bonds is 11. The fourth-order valence-corrected chi connectivity index (χ4v) is 5.42. The first-order valence-electron chi connectivity index (χ1n) is 14.3. The Morgan fingerprint density at radius 3 is 2.32 bits per heavy atom. The number of carbonyl (C=O) groups is 2. The van der Waals surface area contributed by atoms with E-state index >= 15 is 4.39 Å². The molecule has 1 aromatic carbocycles. The van der Waals surface area contributed by atoms with Gasteiger partial charge in [0.25, 0.3) is 0 Å². The minimum Gasteiger partial charge on any atom is -0.478 e. The Balaban J connectivity index is 1.78. The van der Waals surface area contributed by atoms with Gasteiger partial charge in [-0.3, -0.25) is 4.79 Å². The van der Waals surface area contributed by atoms with Crippen LogP contribution in [0.3, 0.4) is 0 Å². The Kier molecular flexibility index (Phi) is 11.0. The van der Waals surface area contributed by atoms with Gasteiger partial charge < -0.3 is 33.9 Å². The molecule has 15 heteroatoms. The van der Waals surface area contributed by atoms with Crippen molar-refractivity contribution >= 4 is 23.5 Å². The molecule has 2 aromatic rings. The van der Waals surface area contributed by atoms with E-state index in [1.807, 2.05) is 0 Å². The average Bonchev–Trinajstić information content (AvgIpc) is 2.98. The van der Waals surface area contributed by atoms with E-state index in [0.29, 0.717) is 51.3 Å². The Morgan fingerprint density at radius 1 is 1.11 bits per heavy atom. The molecule has 0 unspecified atom stereocenters. The highest BCUT2D eigenvalue weighted by Gasteiger charge is 2.39. The first-order valence-corrected chi connectivity index (χ1v) is 14.3. The quantitative estimate of drug-likeness (QED) is 0.348.